The molecule has 0 atom stereocenters. The number of nitrogens with zero attached hydrogens (tertiary/aromatic N) is 1. The minimum Gasteiger partial charge on any atom is -0.382 e. The SMILES string of the molecule is COCC1(NC(=O)c2nc(N)[nH]c2C)CCCC1. The van der Waals surface area contributed by atoms with Gasteiger partial charge in [-0.05, 0) is 19.8 Å². The van der Waals surface area contributed by atoms with E-state index in [9.17, 15) is 4.79 Å². The topological polar surface area (TPSA) is 93.0 Å². The van der Waals surface area contributed by atoms with Gasteiger partial charge in [0, 0.05) is 12.8 Å². The Balaban J connectivity index is 2.12. The van der Waals surface area contributed by atoms with E-state index in [1.165, 1.54) is 0 Å². The van der Waals surface area contributed by atoms with Crippen molar-refractivity contribution < 1.29 is 9.53 Å². The first-order valence-electron chi connectivity index (χ1n) is 6.20. The van der Waals surface area contributed by atoms with E-state index in [1.807, 2.05) is 0 Å². The van der Waals surface area contributed by atoms with Gasteiger partial charge in [0.1, 0.15) is 0 Å². The molecular weight excluding hydrogens is 232 g/mol. The van der Waals surface area contributed by atoms with Gasteiger partial charge in [0.05, 0.1) is 12.1 Å². The van der Waals surface area contributed by atoms with Gasteiger partial charge in [0.25, 0.3) is 5.91 Å². The zero-order chi connectivity index (χ0) is 13.2. The average molecular weight is 252 g/mol. The Morgan fingerprint density at radius 2 is 2.22 bits per heavy atom. The predicted octanol–water partition coefficient (Wildman–Crippen LogP) is 0.989. The summed E-state index contributed by atoms with van der Waals surface area (Å²) in [5.74, 6) is 0.0873. The van der Waals surface area contributed by atoms with Gasteiger partial charge in [-0.1, -0.05) is 12.8 Å². The third kappa shape index (κ3) is 2.48. The highest BCUT2D eigenvalue weighted by Crippen LogP contribution is 2.30. The number of aromatic nitrogens is 2. The molecule has 18 heavy (non-hydrogen) atoms. The number of rotatable bonds is 4. The van der Waals surface area contributed by atoms with Gasteiger partial charge in [-0.15, -0.1) is 0 Å². The number of amides is 1. The Morgan fingerprint density at radius 1 is 1.56 bits per heavy atom. The van der Waals surface area contributed by atoms with Gasteiger partial charge in [-0.3, -0.25) is 4.79 Å². The van der Waals surface area contributed by atoms with E-state index in [0.717, 1.165) is 25.7 Å². The van der Waals surface area contributed by atoms with Crippen LogP contribution in [0.5, 0.6) is 0 Å². The van der Waals surface area contributed by atoms with Crippen LogP contribution in [0.25, 0.3) is 0 Å². The van der Waals surface area contributed by atoms with Crippen molar-refractivity contribution in [2.75, 3.05) is 19.5 Å². The summed E-state index contributed by atoms with van der Waals surface area (Å²) in [7, 11) is 1.66. The van der Waals surface area contributed by atoms with Crippen molar-refractivity contribution in [2.24, 2.45) is 0 Å². The van der Waals surface area contributed by atoms with Crippen molar-refractivity contribution in [1.29, 1.82) is 0 Å². The number of H-pyrrole nitrogens is 1. The second-order valence-corrected chi connectivity index (χ2v) is 4.97. The number of methoxy groups -OCH3 is 1. The Bertz CT molecular complexity index is 435. The quantitative estimate of drug-likeness (QED) is 0.745. The van der Waals surface area contributed by atoms with Gasteiger partial charge in [0.2, 0.25) is 0 Å². The third-order valence-corrected chi connectivity index (χ3v) is 3.48. The summed E-state index contributed by atoms with van der Waals surface area (Å²) >= 11 is 0. The van der Waals surface area contributed by atoms with Crippen LogP contribution in [0, 0.1) is 6.92 Å². The van der Waals surface area contributed by atoms with E-state index in [0.29, 0.717) is 18.0 Å². The molecule has 0 aromatic carbocycles. The molecule has 100 valence electrons. The molecule has 0 bridgehead atoms. The van der Waals surface area contributed by atoms with Crippen LogP contribution in [0.2, 0.25) is 0 Å². The fourth-order valence-electron chi connectivity index (χ4n) is 2.64. The van der Waals surface area contributed by atoms with Gasteiger partial charge >= 0.3 is 0 Å². The summed E-state index contributed by atoms with van der Waals surface area (Å²) in [6, 6.07) is 0. The smallest absolute Gasteiger partial charge is 0.272 e. The molecule has 0 radical (unpaired) electrons. The molecule has 1 saturated carbocycles. The number of nitrogens with two attached hydrogens (primary N) is 1. The fraction of sp³-hybridized carbons (Fsp3) is 0.667. The lowest BCUT2D eigenvalue weighted by Crippen LogP contribution is -2.49. The highest BCUT2D eigenvalue weighted by atomic mass is 16.5. The largest absolute Gasteiger partial charge is 0.382 e. The first kappa shape index (κ1) is 12.9. The highest BCUT2D eigenvalue weighted by Gasteiger charge is 2.36. The zero-order valence-corrected chi connectivity index (χ0v) is 10.9. The molecule has 0 spiro atoms. The Morgan fingerprint density at radius 3 is 2.72 bits per heavy atom. The van der Waals surface area contributed by atoms with Crippen molar-refractivity contribution in [3.8, 4) is 0 Å². The molecule has 4 N–H and O–H groups in total. The Labute approximate surface area is 106 Å². The first-order chi connectivity index (χ1) is 8.56. The molecule has 6 heteroatoms. The molecule has 1 amide bonds. The van der Waals surface area contributed by atoms with Crippen LogP contribution in [0.4, 0.5) is 5.95 Å². The van der Waals surface area contributed by atoms with Crippen molar-refractivity contribution >= 4 is 11.9 Å². The molecule has 1 aromatic heterocycles. The summed E-state index contributed by atoms with van der Waals surface area (Å²) in [5.41, 5.74) is 6.36. The number of anilines is 1. The molecular formula is C12H20N4O2. The molecule has 1 aromatic rings. The van der Waals surface area contributed by atoms with Crippen LogP contribution in [-0.4, -0.2) is 35.1 Å². The molecule has 2 rings (SSSR count). The standard InChI is InChI=1S/C12H20N4O2/c1-8-9(15-11(13)14-8)10(17)16-12(7-18-2)5-3-4-6-12/h3-7H2,1-2H3,(H,16,17)(H3,13,14,15). The van der Waals surface area contributed by atoms with Crippen molar-refractivity contribution in [3.05, 3.63) is 11.4 Å². The van der Waals surface area contributed by atoms with E-state index in [4.69, 9.17) is 10.5 Å². The van der Waals surface area contributed by atoms with E-state index in [2.05, 4.69) is 15.3 Å². The predicted molar refractivity (Wildman–Crippen MR) is 68.3 cm³/mol. The first-order valence-corrected chi connectivity index (χ1v) is 6.20. The lowest BCUT2D eigenvalue weighted by molar-refractivity contribution is 0.0762. The molecule has 1 heterocycles. The van der Waals surface area contributed by atoms with Gasteiger partial charge in [-0.25, -0.2) is 4.98 Å². The summed E-state index contributed by atoms with van der Waals surface area (Å²) in [5, 5.41) is 3.06. The number of ether oxygens (including phenoxy) is 1. The number of aromatic amines is 1. The second kappa shape index (κ2) is 4.97. The normalized spacial score (nSPS) is 17.9. The number of nitrogens with one attached hydrogen (secondary N) is 2. The van der Waals surface area contributed by atoms with Crippen molar-refractivity contribution in [3.63, 3.8) is 0 Å². The van der Waals surface area contributed by atoms with E-state index in [-0.39, 0.29) is 17.4 Å². The van der Waals surface area contributed by atoms with E-state index in [1.54, 1.807) is 14.0 Å². The van der Waals surface area contributed by atoms with Gasteiger partial charge in [0.15, 0.2) is 11.6 Å². The number of carbonyl (C=O) groups is 1. The minimum absolute atomic E-state index is 0.181. The number of imidazole rings is 1. The summed E-state index contributed by atoms with van der Waals surface area (Å²) in [6.45, 7) is 2.33. The number of aryl methyl sites for hydroxylation is 1. The Kier molecular flexibility index (Phi) is 3.56. The fourth-order valence-corrected chi connectivity index (χ4v) is 2.64. The number of nitrogen functional groups attached to an aromatic ring is 1. The van der Waals surface area contributed by atoms with Crippen LogP contribution in [-0.2, 0) is 4.74 Å². The molecule has 1 fully saturated rings. The average Bonchev–Trinajstić information content (AvgIpc) is 2.86. The molecule has 0 saturated heterocycles. The van der Waals surface area contributed by atoms with E-state index < -0.39 is 0 Å². The Hall–Kier alpha value is -1.56. The monoisotopic (exact) mass is 252 g/mol. The van der Waals surface area contributed by atoms with E-state index >= 15 is 0 Å². The summed E-state index contributed by atoms with van der Waals surface area (Å²) < 4.78 is 5.23. The van der Waals surface area contributed by atoms with Crippen LogP contribution in [0.3, 0.4) is 0 Å². The third-order valence-electron chi connectivity index (χ3n) is 3.48. The van der Waals surface area contributed by atoms with Gasteiger partial charge in [-0.2, -0.15) is 0 Å². The maximum Gasteiger partial charge on any atom is 0.272 e. The second-order valence-electron chi connectivity index (χ2n) is 4.97. The number of hydrogen-bond acceptors (Lipinski definition) is 4. The lowest BCUT2D eigenvalue weighted by Gasteiger charge is -2.29. The van der Waals surface area contributed by atoms with Crippen LogP contribution in [0.1, 0.15) is 41.9 Å². The maximum absolute atomic E-state index is 12.2. The lowest BCUT2D eigenvalue weighted by atomic mass is 9.98. The summed E-state index contributed by atoms with van der Waals surface area (Å²) in [4.78, 5) is 19.1. The van der Waals surface area contributed by atoms with Crippen LogP contribution in [0.15, 0.2) is 0 Å². The highest BCUT2D eigenvalue weighted by molar-refractivity contribution is 5.94. The zero-order valence-electron chi connectivity index (χ0n) is 10.9. The molecule has 0 aliphatic heterocycles. The van der Waals surface area contributed by atoms with Crippen molar-refractivity contribution in [2.45, 2.75) is 38.1 Å². The molecule has 1 aliphatic rings. The van der Waals surface area contributed by atoms with Crippen molar-refractivity contribution in [1.82, 2.24) is 15.3 Å². The maximum atomic E-state index is 12.2. The summed E-state index contributed by atoms with van der Waals surface area (Å²) in [6.07, 6.45) is 4.13. The number of carbonyl (C=O) groups excluding carboxylic acids is 1. The van der Waals surface area contributed by atoms with Crippen LogP contribution < -0.4 is 11.1 Å². The molecule has 0 unspecified atom stereocenters. The molecule has 6 nitrogen and oxygen atoms in total. The van der Waals surface area contributed by atoms with Gasteiger partial charge < -0.3 is 20.8 Å². The minimum atomic E-state index is -0.244. The number of hydrogen-bond donors (Lipinski definition) is 3. The van der Waals surface area contributed by atoms with Crippen LogP contribution >= 0.6 is 0 Å². The molecule has 1 aliphatic carbocycles.